The number of primary amides is 1. The molecule has 0 unspecified atom stereocenters. The molecule has 0 aliphatic rings. The van der Waals surface area contributed by atoms with Gasteiger partial charge in [-0.15, -0.1) is 0 Å². The predicted octanol–water partition coefficient (Wildman–Crippen LogP) is 1.58. The molecular formula is C18H22N4O7. The zero-order chi connectivity index (χ0) is 21.9. The van der Waals surface area contributed by atoms with Gasteiger partial charge in [0, 0.05) is 5.69 Å². The predicted molar refractivity (Wildman–Crippen MR) is 104 cm³/mol. The van der Waals surface area contributed by atoms with Gasteiger partial charge in [-0.2, -0.15) is 4.98 Å². The van der Waals surface area contributed by atoms with Crippen molar-refractivity contribution in [3.05, 3.63) is 28.1 Å². The molecule has 0 spiro atoms. The molecule has 0 radical (unpaired) electrons. The number of aromatic nitrogens is 1. The number of hydrogen-bond donors (Lipinski definition) is 4. The van der Waals surface area contributed by atoms with Crippen LogP contribution >= 0.6 is 0 Å². The molecule has 1 aromatic heterocycles. The number of aryl methyl sites for hydroxylation is 1. The summed E-state index contributed by atoms with van der Waals surface area (Å²) in [5, 5.41) is 14.2. The normalized spacial score (nSPS) is 12.3. The maximum absolute atomic E-state index is 12.4. The molecule has 0 saturated heterocycles. The standard InChI is InChI=1S/C18H22N4O7/c1-8-9(22-17(27)29-18(2,3)4)5-6-10-13(8)15(26)28-16(20-10)21-11(14(24)25)7-12(19)23/h5-6,11H,7H2,1-4H3,(H2,19,23)(H,20,21)(H,22,27)(H,24,25)/t11-/m0/s1. The number of hydrogen-bond acceptors (Lipinski definition) is 8. The summed E-state index contributed by atoms with van der Waals surface area (Å²) in [5.74, 6) is -2.21. The van der Waals surface area contributed by atoms with Crippen molar-refractivity contribution >= 4 is 40.6 Å². The van der Waals surface area contributed by atoms with Gasteiger partial charge in [-0.1, -0.05) is 0 Å². The lowest BCUT2D eigenvalue weighted by atomic mass is 10.1. The zero-order valence-electron chi connectivity index (χ0n) is 16.4. The van der Waals surface area contributed by atoms with E-state index in [4.69, 9.17) is 20.0 Å². The first-order valence-electron chi connectivity index (χ1n) is 8.59. The number of benzene rings is 1. The minimum absolute atomic E-state index is 0.103. The van der Waals surface area contributed by atoms with E-state index in [1.165, 1.54) is 12.1 Å². The number of carbonyl (C=O) groups is 3. The van der Waals surface area contributed by atoms with Crippen LogP contribution in [0.1, 0.15) is 32.8 Å². The van der Waals surface area contributed by atoms with Gasteiger partial charge in [0.2, 0.25) is 5.91 Å². The molecule has 0 aliphatic heterocycles. The van der Waals surface area contributed by atoms with Crippen molar-refractivity contribution in [2.24, 2.45) is 5.73 Å². The number of fused-ring (bicyclic) bond motifs is 1. The second-order valence-corrected chi connectivity index (χ2v) is 7.27. The van der Waals surface area contributed by atoms with Gasteiger partial charge in [0.05, 0.1) is 17.3 Å². The van der Waals surface area contributed by atoms with Gasteiger partial charge in [-0.3, -0.25) is 10.1 Å². The Kier molecular flexibility index (Phi) is 6.10. The van der Waals surface area contributed by atoms with Crippen LogP contribution in [0.4, 0.5) is 16.5 Å². The highest BCUT2D eigenvalue weighted by atomic mass is 16.6. The van der Waals surface area contributed by atoms with Gasteiger partial charge in [-0.05, 0) is 45.4 Å². The number of amides is 2. The minimum atomic E-state index is -1.41. The summed E-state index contributed by atoms with van der Waals surface area (Å²) in [5.41, 5.74) is 4.46. The molecule has 11 nitrogen and oxygen atoms in total. The Labute approximate surface area is 165 Å². The summed E-state index contributed by atoms with van der Waals surface area (Å²) in [6.45, 7) is 6.74. The number of carbonyl (C=O) groups excluding carboxylic acids is 2. The monoisotopic (exact) mass is 406 g/mol. The van der Waals surface area contributed by atoms with Gasteiger partial charge >= 0.3 is 17.7 Å². The number of nitrogens with one attached hydrogen (secondary N) is 2. The molecule has 2 amide bonds. The summed E-state index contributed by atoms with van der Waals surface area (Å²) in [4.78, 5) is 50.7. The van der Waals surface area contributed by atoms with Crippen molar-refractivity contribution in [1.29, 1.82) is 0 Å². The molecule has 0 saturated carbocycles. The van der Waals surface area contributed by atoms with Crippen LogP contribution in [0, 0.1) is 6.92 Å². The Morgan fingerprint density at radius 2 is 1.97 bits per heavy atom. The van der Waals surface area contributed by atoms with E-state index in [1.54, 1.807) is 27.7 Å². The summed E-state index contributed by atoms with van der Waals surface area (Å²) in [6.07, 6.45) is -1.21. The van der Waals surface area contributed by atoms with E-state index in [0.717, 1.165) is 0 Å². The Morgan fingerprint density at radius 1 is 1.31 bits per heavy atom. The van der Waals surface area contributed by atoms with Crippen molar-refractivity contribution in [1.82, 2.24) is 4.98 Å². The lowest BCUT2D eigenvalue weighted by Crippen LogP contribution is -2.34. The Morgan fingerprint density at radius 3 is 2.52 bits per heavy atom. The average Bonchev–Trinajstić information content (AvgIpc) is 2.54. The number of carboxylic acids is 1. The van der Waals surface area contributed by atoms with Crippen LogP contribution in [0.15, 0.2) is 21.3 Å². The smallest absolute Gasteiger partial charge is 0.412 e. The number of aliphatic carboxylic acids is 1. The second-order valence-electron chi connectivity index (χ2n) is 7.27. The minimum Gasteiger partial charge on any atom is -0.480 e. The van der Waals surface area contributed by atoms with Crippen LogP contribution in [0.2, 0.25) is 0 Å². The summed E-state index contributed by atoms with van der Waals surface area (Å²) >= 11 is 0. The fourth-order valence-electron chi connectivity index (χ4n) is 2.48. The van der Waals surface area contributed by atoms with Gasteiger partial charge in [0.25, 0.3) is 6.01 Å². The number of nitrogens with zero attached hydrogens (tertiary/aromatic N) is 1. The Balaban J connectivity index is 2.36. The molecule has 156 valence electrons. The summed E-state index contributed by atoms with van der Waals surface area (Å²) in [7, 11) is 0. The topological polar surface area (TPSA) is 174 Å². The number of nitrogens with two attached hydrogens (primary N) is 1. The number of anilines is 2. The van der Waals surface area contributed by atoms with Crippen molar-refractivity contribution in [3.63, 3.8) is 0 Å². The van der Waals surface area contributed by atoms with E-state index in [0.29, 0.717) is 11.3 Å². The van der Waals surface area contributed by atoms with E-state index < -0.39 is 41.7 Å². The van der Waals surface area contributed by atoms with Crippen molar-refractivity contribution < 1.29 is 28.6 Å². The van der Waals surface area contributed by atoms with E-state index in [1.807, 2.05) is 0 Å². The van der Waals surface area contributed by atoms with Gasteiger partial charge in [0.15, 0.2) is 0 Å². The molecule has 2 aromatic rings. The average molecular weight is 406 g/mol. The zero-order valence-corrected chi connectivity index (χ0v) is 16.4. The molecule has 11 heteroatoms. The van der Waals surface area contributed by atoms with Crippen LogP contribution in [0.25, 0.3) is 10.9 Å². The molecule has 0 fully saturated rings. The highest BCUT2D eigenvalue weighted by Gasteiger charge is 2.23. The molecule has 29 heavy (non-hydrogen) atoms. The first-order valence-corrected chi connectivity index (χ1v) is 8.59. The van der Waals surface area contributed by atoms with E-state index in [2.05, 4.69) is 15.6 Å². The van der Waals surface area contributed by atoms with Crippen molar-refractivity contribution in [3.8, 4) is 0 Å². The van der Waals surface area contributed by atoms with Gasteiger partial charge in [0.1, 0.15) is 11.6 Å². The van der Waals surface area contributed by atoms with E-state index in [-0.39, 0.29) is 16.9 Å². The van der Waals surface area contributed by atoms with Crippen LogP contribution in [-0.2, 0) is 14.3 Å². The van der Waals surface area contributed by atoms with Crippen LogP contribution in [0.5, 0.6) is 0 Å². The molecule has 1 heterocycles. The van der Waals surface area contributed by atoms with Gasteiger partial charge in [-0.25, -0.2) is 14.4 Å². The maximum Gasteiger partial charge on any atom is 0.412 e. The van der Waals surface area contributed by atoms with Crippen LogP contribution in [-0.4, -0.2) is 39.7 Å². The third-order valence-corrected chi connectivity index (χ3v) is 3.70. The van der Waals surface area contributed by atoms with Crippen LogP contribution < -0.4 is 22.0 Å². The summed E-state index contributed by atoms with van der Waals surface area (Å²) < 4.78 is 10.2. The fraction of sp³-hybridized carbons (Fsp3) is 0.389. The number of carboxylic acid groups (broad SMARTS) is 1. The third kappa shape index (κ3) is 5.67. The molecular weight excluding hydrogens is 384 g/mol. The second kappa shape index (κ2) is 8.17. The quantitative estimate of drug-likeness (QED) is 0.555. The Hall–Kier alpha value is -3.63. The van der Waals surface area contributed by atoms with Crippen LogP contribution in [0.3, 0.4) is 0 Å². The highest BCUT2D eigenvalue weighted by Crippen LogP contribution is 2.24. The lowest BCUT2D eigenvalue weighted by molar-refractivity contribution is -0.139. The molecule has 5 N–H and O–H groups in total. The van der Waals surface area contributed by atoms with Gasteiger partial charge < -0.3 is 25.3 Å². The maximum atomic E-state index is 12.4. The fourth-order valence-corrected chi connectivity index (χ4v) is 2.48. The number of ether oxygens (including phenoxy) is 1. The van der Waals surface area contributed by atoms with Crippen molar-refractivity contribution in [2.45, 2.75) is 45.8 Å². The molecule has 1 aromatic carbocycles. The first kappa shape index (κ1) is 21.7. The highest BCUT2D eigenvalue weighted by molar-refractivity contribution is 5.93. The Bertz CT molecular complexity index is 1020. The largest absolute Gasteiger partial charge is 0.480 e. The van der Waals surface area contributed by atoms with Crippen molar-refractivity contribution in [2.75, 3.05) is 10.6 Å². The third-order valence-electron chi connectivity index (χ3n) is 3.70. The van der Waals surface area contributed by atoms with E-state index >= 15 is 0 Å². The number of rotatable bonds is 6. The molecule has 0 bridgehead atoms. The molecule has 0 aliphatic carbocycles. The lowest BCUT2D eigenvalue weighted by Gasteiger charge is -2.20. The van der Waals surface area contributed by atoms with E-state index in [9.17, 15) is 19.2 Å². The molecule has 2 rings (SSSR count). The first-order chi connectivity index (χ1) is 13.4. The summed E-state index contributed by atoms with van der Waals surface area (Å²) in [6, 6.07) is 1.20. The molecule has 1 atom stereocenters. The SMILES string of the molecule is Cc1c(NC(=O)OC(C)(C)C)ccc2nc(N[C@@H](CC(N)=O)C(=O)O)oc(=O)c12.